The monoisotopic (exact) mass is 258 g/mol. The summed E-state index contributed by atoms with van der Waals surface area (Å²) in [5, 5.41) is 0. The van der Waals surface area contributed by atoms with Crippen LogP contribution in [-0.4, -0.2) is 31.1 Å². The van der Waals surface area contributed by atoms with Gasteiger partial charge in [-0.2, -0.15) is 0 Å². The van der Waals surface area contributed by atoms with Crippen molar-refractivity contribution < 1.29 is 13.2 Å². The fourth-order valence-electron chi connectivity index (χ4n) is 1.55. The summed E-state index contributed by atoms with van der Waals surface area (Å²) in [6, 6.07) is 9.80. The fourth-order valence-corrected chi connectivity index (χ4v) is 5.42. The second-order valence-electron chi connectivity index (χ2n) is 3.60. The molecule has 0 spiro atoms. The first-order chi connectivity index (χ1) is 7.77. The minimum Gasteiger partial charge on any atom is -0.375 e. The third-order valence-electron chi connectivity index (χ3n) is 2.44. The first kappa shape index (κ1) is 12.0. The summed E-state index contributed by atoms with van der Waals surface area (Å²) in [4.78, 5) is 0. The molecule has 0 N–H and O–H groups in total. The summed E-state index contributed by atoms with van der Waals surface area (Å²) >= 11 is 0. The van der Waals surface area contributed by atoms with Crippen LogP contribution in [-0.2, 0) is 32.9 Å². The third-order valence-corrected chi connectivity index (χ3v) is 6.64. The Balaban J connectivity index is 1.80. The summed E-state index contributed by atoms with van der Waals surface area (Å²) in [5.74, 6) is 1.10. The summed E-state index contributed by atoms with van der Waals surface area (Å²) in [6.45, 7) is 0.819. The molecule has 16 heavy (non-hydrogen) atoms. The molecule has 1 heterocycles. The summed E-state index contributed by atoms with van der Waals surface area (Å²) < 4.78 is 28.1. The highest BCUT2D eigenvalue weighted by Crippen LogP contribution is 2.13. The van der Waals surface area contributed by atoms with Crippen LogP contribution >= 0.6 is 0 Å². The van der Waals surface area contributed by atoms with Gasteiger partial charge in [0.25, 0.3) is 0 Å². The molecule has 1 aromatic carbocycles. The highest BCUT2D eigenvalue weighted by molar-refractivity contribution is 8.06. The van der Waals surface area contributed by atoms with E-state index >= 15 is 0 Å². The van der Waals surface area contributed by atoms with Gasteiger partial charge >= 0.3 is 0 Å². The molecule has 2 atom stereocenters. The van der Waals surface area contributed by atoms with Crippen molar-refractivity contribution in [2.45, 2.75) is 11.2 Å². The maximum absolute atomic E-state index is 11.5. The van der Waals surface area contributed by atoms with Crippen LogP contribution in [0, 0.1) is 0 Å². The largest absolute Gasteiger partial charge is 0.375 e. The molecule has 0 aliphatic carbocycles. The normalized spacial score (nSPS) is 26.0. The van der Waals surface area contributed by atoms with Crippen molar-refractivity contribution in [3.8, 4) is 0 Å². The Bertz CT molecular complexity index is 375. The molecule has 1 aromatic rings. The van der Waals surface area contributed by atoms with Gasteiger partial charge in [0.05, 0.1) is 13.2 Å². The van der Waals surface area contributed by atoms with Gasteiger partial charge in [-0.15, -0.1) is 0 Å². The van der Waals surface area contributed by atoms with Crippen LogP contribution in [0.3, 0.4) is 0 Å². The number of benzene rings is 1. The van der Waals surface area contributed by atoms with Crippen LogP contribution in [0.2, 0.25) is 0 Å². The van der Waals surface area contributed by atoms with Crippen LogP contribution in [0.25, 0.3) is 0 Å². The van der Waals surface area contributed by atoms with Gasteiger partial charge in [0.15, 0.2) is 0 Å². The van der Waals surface area contributed by atoms with Crippen LogP contribution in [0.4, 0.5) is 0 Å². The lowest BCUT2D eigenvalue weighted by Crippen LogP contribution is -2.20. The molecule has 0 amide bonds. The van der Waals surface area contributed by atoms with Crippen LogP contribution in [0.15, 0.2) is 30.3 Å². The Kier molecular flexibility index (Phi) is 4.26. The third kappa shape index (κ3) is 2.99. The highest BCUT2D eigenvalue weighted by atomic mass is 32.3. The Morgan fingerprint density at radius 1 is 1.12 bits per heavy atom. The van der Waals surface area contributed by atoms with Gasteiger partial charge in [-0.3, -0.25) is 8.42 Å². The second kappa shape index (κ2) is 5.70. The number of ether oxygens (including phenoxy) is 1. The van der Waals surface area contributed by atoms with Crippen molar-refractivity contribution in [2.75, 3.05) is 18.1 Å². The van der Waals surface area contributed by atoms with E-state index in [2.05, 4.69) is 0 Å². The van der Waals surface area contributed by atoms with E-state index in [1.54, 1.807) is 0 Å². The van der Waals surface area contributed by atoms with Crippen molar-refractivity contribution in [1.29, 1.82) is 0 Å². The van der Waals surface area contributed by atoms with Crippen molar-refractivity contribution in [3.63, 3.8) is 0 Å². The topological polar surface area (TPSA) is 43.4 Å². The fraction of sp³-hybridized carbons (Fsp3) is 0.455. The van der Waals surface area contributed by atoms with Gasteiger partial charge in [0, 0.05) is 33.1 Å². The van der Waals surface area contributed by atoms with Crippen LogP contribution < -0.4 is 0 Å². The molecular formula is C11H14O3S2. The van der Waals surface area contributed by atoms with Crippen LogP contribution in [0.5, 0.6) is 0 Å². The second-order valence-corrected chi connectivity index (χ2v) is 7.38. The zero-order valence-corrected chi connectivity index (χ0v) is 10.5. The Morgan fingerprint density at radius 2 is 1.75 bits per heavy atom. The van der Waals surface area contributed by atoms with Gasteiger partial charge in [-0.25, -0.2) is 0 Å². The lowest BCUT2D eigenvalue weighted by Gasteiger charge is -2.08. The first-order valence-corrected chi connectivity index (χ1v) is 7.90. The lowest BCUT2D eigenvalue weighted by molar-refractivity contribution is 0.131. The molecule has 0 radical (unpaired) electrons. The molecule has 1 aliphatic rings. The van der Waals surface area contributed by atoms with Gasteiger partial charge in [-0.1, -0.05) is 30.3 Å². The minimum atomic E-state index is -0.974. The van der Waals surface area contributed by atoms with E-state index < -0.39 is 21.6 Å². The zero-order chi connectivity index (χ0) is 11.4. The maximum Gasteiger partial charge on any atom is 0.133 e. The minimum absolute atomic E-state index is 0.288. The zero-order valence-electron chi connectivity index (χ0n) is 8.83. The van der Waals surface area contributed by atoms with E-state index in [1.807, 2.05) is 30.3 Å². The van der Waals surface area contributed by atoms with E-state index in [4.69, 9.17) is 4.74 Å². The molecule has 0 saturated carbocycles. The van der Waals surface area contributed by atoms with Crippen molar-refractivity contribution in [2.24, 2.45) is 0 Å². The first-order valence-electron chi connectivity index (χ1n) is 5.13. The molecule has 0 bridgehead atoms. The maximum atomic E-state index is 11.5. The summed E-state index contributed by atoms with van der Waals surface area (Å²) in [7, 11) is -1.95. The average molecular weight is 258 g/mol. The molecule has 5 heteroatoms. The quantitative estimate of drug-likeness (QED) is 0.810. The van der Waals surface area contributed by atoms with E-state index in [9.17, 15) is 8.42 Å². The Labute approximate surface area is 100 Å². The molecule has 0 aromatic heterocycles. The number of hydrogen-bond acceptors (Lipinski definition) is 3. The van der Waals surface area contributed by atoms with Crippen molar-refractivity contribution in [1.82, 2.24) is 0 Å². The van der Waals surface area contributed by atoms with Crippen molar-refractivity contribution >= 4 is 21.6 Å². The molecule has 2 rings (SSSR count). The standard InChI is InChI=1S/C11H14O3S2/c12-15-6-7-16(13)11(15)9-14-8-10-4-2-1-3-5-10/h1-5,11H,6-9H2/t15-,16-/m1/s1. The van der Waals surface area contributed by atoms with E-state index in [0.29, 0.717) is 24.7 Å². The average Bonchev–Trinajstić information content (AvgIpc) is 2.62. The molecule has 3 nitrogen and oxygen atoms in total. The number of rotatable bonds is 4. The molecule has 1 fully saturated rings. The van der Waals surface area contributed by atoms with E-state index in [0.717, 1.165) is 5.56 Å². The van der Waals surface area contributed by atoms with Gasteiger partial charge < -0.3 is 4.74 Å². The van der Waals surface area contributed by atoms with Gasteiger partial charge in [0.1, 0.15) is 4.58 Å². The molecular weight excluding hydrogens is 244 g/mol. The predicted molar refractivity (Wildman–Crippen MR) is 65.9 cm³/mol. The summed E-state index contributed by atoms with van der Waals surface area (Å²) in [6.07, 6.45) is 0. The predicted octanol–water partition coefficient (Wildman–Crippen LogP) is 1.04. The highest BCUT2D eigenvalue weighted by Gasteiger charge is 2.30. The van der Waals surface area contributed by atoms with Gasteiger partial charge in [-0.05, 0) is 5.56 Å². The molecule has 1 saturated heterocycles. The van der Waals surface area contributed by atoms with Crippen molar-refractivity contribution in [3.05, 3.63) is 35.9 Å². The van der Waals surface area contributed by atoms with E-state index in [1.165, 1.54) is 0 Å². The van der Waals surface area contributed by atoms with E-state index in [-0.39, 0.29) is 4.58 Å². The van der Waals surface area contributed by atoms with Gasteiger partial charge in [0.2, 0.25) is 0 Å². The van der Waals surface area contributed by atoms with Crippen LogP contribution in [0.1, 0.15) is 5.56 Å². The molecule has 1 aliphatic heterocycles. The Hall–Kier alpha value is -0.520. The Morgan fingerprint density at radius 3 is 2.38 bits per heavy atom. The smallest absolute Gasteiger partial charge is 0.133 e. The summed E-state index contributed by atoms with van der Waals surface area (Å²) in [5.41, 5.74) is 1.08. The SMILES string of the molecule is O=[S@@]1CC[S@@](=O)C1COCc1ccccc1. The molecule has 0 unspecified atom stereocenters. The lowest BCUT2D eigenvalue weighted by atomic mass is 10.2. The number of hydrogen-bond donors (Lipinski definition) is 0. The molecule has 88 valence electrons.